The van der Waals surface area contributed by atoms with Gasteiger partial charge in [-0.25, -0.2) is 20.4 Å². The first-order valence-electron chi connectivity index (χ1n) is 5.81. The van der Waals surface area contributed by atoms with Gasteiger partial charge in [0.15, 0.2) is 0 Å². The molecular weight excluding hydrogens is 204 g/mol. The van der Waals surface area contributed by atoms with Crippen molar-refractivity contribution in [3.8, 4) is 0 Å². The third kappa shape index (κ3) is 3.41. The molecule has 4 saturated carbocycles. The summed E-state index contributed by atoms with van der Waals surface area (Å²) >= 11 is 0. The van der Waals surface area contributed by atoms with E-state index in [-0.39, 0.29) is 0 Å². The van der Waals surface area contributed by atoms with E-state index in [4.69, 9.17) is 20.4 Å². The minimum absolute atomic E-state index is 0.750. The maximum atomic E-state index is 8.35. The van der Waals surface area contributed by atoms with Crippen molar-refractivity contribution in [1.82, 2.24) is 0 Å². The summed E-state index contributed by atoms with van der Waals surface area (Å²) in [6.07, 6.45) is 11.1. The molecule has 16 heavy (non-hydrogen) atoms. The van der Waals surface area contributed by atoms with Gasteiger partial charge in [0, 0.05) is 0 Å². The van der Waals surface area contributed by atoms with Crippen LogP contribution in [0.1, 0.15) is 38.5 Å². The molecule has 0 amide bonds. The van der Waals surface area contributed by atoms with E-state index < -0.39 is 0 Å². The number of isocyanates is 2. The predicted octanol–water partition coefficient (Wildman–Crippen LogP) is 2.63. The minimum Gasteiger partial charge on any atom is -0.222 e. The summed E-state index contributed by atoms with van der Waals surface area (Å²) in [5, 5.41) is 10.8. The van der Waals surface area contributed by atoms with Crippen molar-refractivity contribution in [3.63, 3.8) is 0 Å². The molecule has 4 bridgehead atoms. The fraction of sp³-hybridized carbons (Fsp3) is 0.833. The molecule has 0 spiro atoms. The predicted molar refractivity (Wildman–Crippen MR) is 58.5 cm³/mol. The van der Waals surface area contributed by atoms with Crippen LogP contribution < -0.4 is 0 Å². The molecule has 0 aromatic rings. The monoisotopic (exact) mass is 222 g/mol. The Morgan fingerprint density at radius 2 is 0.750 bits per heavy atom. The Kier molecular flexibility index (Phi) is 5.10. The number of rotatable bonds is 0. The Labute approximate surface area is 95.4 Å². The lowest BCUT2D eigenvalue weighted by atomic mass is 9.56. The first kappa shape index (κ1) is 12.8. The second-order valence-corrected chi connectivity index (χ2v) is 5.08. The molecule has 4 aliphatic rings. The van der Waals surface area contributed by atoms with Gasteiger partial charge in [0.1, 0.15) is 0 Å². The first-order chi connectivity index (χ1) is 7.73. The summed E-state index contributed by atoms with van der Waals surface area (Å²) in [4.78, 5) is 16.7. The van der Waals surface area contributed by atoms with Crippen LogP contribution in [0.3, 0.4) is 0 Å². The van der Waals surface area contributed by atoms with Crippen molar-refractivity contribution < 1.29 is 9.59 Å². The van der Waals surface area contributed by atoms with E-state index in [1.165, 1.54) is 23.7 Å². The van der Waals surface area contributed by atoms with Crippen molar-refractivity contribution in [1.29, 1.82) is 10.8 Å². The zero-order chi connectivity index (χ0) is 12.0. The van der Waals surface area contributed by atoms with E-state index in [1.54, 1.807) is 38.5 Å². The maximum Gasteiger partial charge on any atom is 0.231 e. The second-order valence-electron chi connectivity index (χ2n) is 5.08. The van der Waals surface area contributed by atoms with Crippen LogP contribution in [0.5, 0.6) is 0 Å². The summed E-state index contributed by atoms with van der Waals surface area (Å²) in [6.45, 7) is 0. The fourth-order valence-electron chi connectivity index (χ4n) is 3.98. The molecule has 4 fully saturated rings. The first-order valence-corrected chi connectivity index (χ1v) is 5.81. The van der Waals surface area contributed by atoms with Crippen molar-refractivity contribution in [3.05, 3.63) is 0 Å². The molecular formula is C12H18N2O2. The van der Waals surface area contributed by atoms with Crippen LogP contribution in [0, 0.1) is 34.5 Å². The van der Waals surface area contributed by atoms with E-state index in [1.807, 2.05) is 0 Å². The number of nitrogens with one attached hydrogen (secondary N) is 2. The van der Waals surface area contributed by atoms with E-state index in [0.717, 1.165) is 12.2 Å². The zero-order valence-electron chi connectivity index (χ0n) is 9.37. The molecule has 0 atom stereocenters. The van der Waals surface area contributed by atoms with Gasteiger partial charge < -0.3 is 0 Å². The molecule has 4 heteroatoms. The number of hydrogen-bond acceptors (Lipinski definition) is 4. The lowest BCUT2D eigenvalue weighted by molar-refractivity contribution is 0.0198. The molecule has 4 nitrogen and oxygen atoms in total. The Bertz CT molecular complexity index is 221. The normalized spacial score (nSPS) is 37.0. The van der Waals surface area contributed by atoms with Gasteiger partial charge in [0.05, 0.1) is 0 Å². The number of carbonyl (C=O) groups excluding carboxylic acids is 2. The quantitative estimate of drug-likeness (QED) is 0.488. The van der Waals surface area contributed by atoms with Crippen molar-refractivity contribution in [2.45, 2.75) is 38.5 Å². The van der Waals surface area contributed by atoms with E-state index in [9.17, 15) is 0 Å². The summed E-state index contributed by atoms with van der Waals surface area (Å²) in [5.41, 5.74) is 0. The molecule has 0 aromatic heterocycles. The van der Waals surface area contributed by atoms with Crippen LogP contribution in [0.25, 0.3) is 0 Å². The van der Waals surface area contributed by atoms with E-state index >= 15 is 0 Å². The molecule has 0 heterocycles. The minimum atomic E-state index is 0.750. The highest BCUT2D eigenvalue weighted by atomic mass is 16.1. The molecule has 4 aliphatic carbocycles. The van der Waals surface area contributed by atoms with Gasteiger partial charge in [-0.3, -0.25) is 0 Å². The summed E-state index contributed by atoms with van der Waals surface area (Å²) in [5.74, 6) is 4.71. The van der Waals surface area contributed by atoms with Crippen molar-refractivity contribution in [2.24, 2.45) is 23.7 Å². The Hall–Kier alpha value is -1.24. The van der Waals surface area contributed by atoms with E-state index in [0.29, 0.717) is 0 Å². The smallest absolute Gasteiger partial charge is 0.222 e. The van der Waals surface area contributed by atoms with Gasteiger partial charge in [-0.1, -0.05) is 0 Å². The van der Waals surface area contributed by atoms with Gasteiger partial charge in [-0.2, -0.15) is 0 Å². The molecule has 2 N–H and O–H groups in total. The molecule has 0 saturated heterocycles. The van der Waals surface area contributed by atoms with Crippen molar-refractivity contribution in [2.75, 3.05) is 0 Å². The summed E-state index contributed by atoms with van der Waals surface area (Å²) in [6, 6.07) is 0. The van der Waals surface area contributed by atoms with Gasteiger partial charge in [-0.05, 0) is 62.2 Å². The SMILES string of the molecule is C1C2CC3CC1CC(C2)C3.N=C=O.N=C=O. The maximum absolute atomic E-state index is 8.35. The highest BCUT2D eigenvalue weighted by molar-refractivity contribution is 5.26. The Balaban J connectivity index is 0.000000185. The largest absolute Gasteiger partial charge is 0.231 e. The lowest BCUT2D eigenvalue weighted by Gasteiger charge is -2.49. The van der Waals surface area contributed by atoms with Gasteiger partial charge in [0.25, 0.3) is 0 Å². The van der Waals surface area contributed by atoms with E-state index in [2.05, 4.69) is 0 Å². The molecule has 0 aromatic carbocycles. The zero-order valence-corrected chi connectivity index (χ0v) is 9.37. The van der Waals surface area contributed by atoms with Crippen LogP contribution in [0.15, 0.2) is 0 Å². The number of hydrogen-bond donors (Lipinski definition) is 2. The van der Waals surface area contributed by atoms with Crippen LogP contribution >= 0.6 is 0 Å². The van der Waals surface area contributed by atoms with Crippen LogP contribution in [0.2, 0.25) is 0 Å². The fourth-order valence-corrected chi connectivity index (χ4v) is 3.98. The van der Waals surface area contributed by atoms with Crippen LogP contribution in [-0.4, -0.2) is 12.2 Å². The average molecular weight is 222 g/mol. The van der Waals surface area contributed by atoms with Crippen molar-refractivity contribution >= 4 is 12.2 Å². The highest BCUT2D eigenvalue weighted by Crippen LogP contribution is 2.53. The average Bonchev–Trinajstić information content (AvgIpc) is 2.17. The second kappa shape index (κ2) is 6.37. The summed E-state index contributed by atoms with van der Waals surface area (Å²) < 4.78 is 0. The molecule has 4 rings (SSSR count). The Morgan fingerprint density at radius 3 is 0.875 bits per heavy atom. The topological polar surface area (TPSA) is 81.8 Å². The third-order valence-corrected chi connectivity index (χ3v) is 4.00. The van der Waals surface area contributed by atoms with Crippen LogP contribution in [-0.2, 0) is 9.59 Å². The molecule has 0 unspecified atom stereocenters. The standard InChI is InChI=1S/C10H16.2CHNO/c1-7-2-9-4-8(1)5-10(3-7)6-9;2*2-1-3/h7-10H,1-6H2;2*2H. The molecule has 0 aliphatic heterocycles. The van der Waals surface area contributed by atoms with Crippen LogP contribution in [0.4, 0.5) is 0 Å². The van der Waals surface area contributed by atoms with Gasteiger partial charge >= 0.3 is 0 Å². The molecule has 0 radical (unpaired) electrons. The van der Waals surface area contributed by atoms with Gasteiger partial charge in [-0.15, -0.1) is 0 Å². The highest BCUT2D eigenvalue weighted by Gasteiger charge is 2.41. The molecule has 88 valence electrons. The Morgan fingerprint density at radius 1 is 0.625 bits per heavy atom. The lowest BCUT2D eigenvalue weighted by Crippen LogP contribution is -2.38. The summed E-state index contributed by atoms with van der Waals surface area (Å²) in [7, 11) is 0. The third-order valence-electron chi connectivity index (χ3n) is 4.00. The van der Waals surface area contributed by atoms with Gasteiger partial charge in [0.2, 0.25) is 12.2 Å².